The molecule has 1 heterocycles. The van der Waals surface area contributed by atoms with Crippen LogP contribution in [0.25, 0.3) is 11.4 Å². The Morgan fingerprint density at radius 2 is 1.96 bits per heavy atom. The molecule has 0 aliphatic rings. The van der Waals surface area contributed by atoms with Gasteiger partial charge >= 0.3 is 0 Å². The lowest BCUT2D eigenvalue weighted by Crippen LogP contribution is -2.22. The molecule has 0 saturated carbocycles. The molecule has 0 fully saturated rings. The number of rotatable bonds is 6. The molecule has 0 aliphatic heterocycles. The van der Waals surface area contributed by atoms with Crippen molar-refractivity contribution in [3.63, 3.8) is 0 Å². The van der Waals surface area contributed by atoms with Crippen LogP contribution in [0.3, 0.4) is 0 Å². The molecular weight excluding hydrogens is 358 g/mol. The highest BCUT2D eigenvalue weighted by Crippen LogP contribution is 2.28. The highest BCUT2D eigenvalue weighted by molar-refractivity contribution is 8.00. The summed E-state index contributed by atoms with van der Waals surface area (Å²) in [5, 5.41) is 11.9. The molecule has 27 heavy (non-hydrogen) atoms. The summed E-state index contributed by atoms with van der Waals surface area (Å²) in [6.45, 7) is 6.61. The second-order valence-corrected chi connectivity index (χ2v) is 7.60. The van der Waals surface area contributed by atoms with Crippen molar-refractivity contribution in [1.29, 1.82) is 0 Å². The van der Waals surface area contributed by atoms with Crippen LogP contribution >= 0.6 is 11.8 Å². The molecule has 1 amide bonds. The van der Waals surface area contributed by atoms with Crippen molar-refractivity contribution >= 4 is 29.0 Å². The van der Waals surface area contributed by atoms with Gasteiger partial charge in [-0.25, -0.2) is 0 Å². The second-order valence-electron chi connectivity index (χ2n) is 6.29. The second kappa shape index (κ2) is 8.26. The normalized spacial score (nSPS) is 12.0. The van der Waals surface area contributed by atoms with Gasteiger partial charge in [-0.15, -0.1) is 10.2 Å². The third kappa shape index (κ3) is 4.49. The van der Waals surface area contributed by atoms with Crippen LogP contribution in [0.15, 0.2) is 53.7 Å². The number of carbonyl (C=O) groups is 1. The SMILES string of the molecule is CCn1c(SC(C)C(=O)Nc2ccc(C)cc2)nnc1-c1cccc(N)c1. The molecule has 7 heteroatoms. The summed E-state index contributed by atoms with van der Waals surface area (Å²) in [4.78, 5) is 12.5. The number of nitrogen functional groups attached to an aromatic ring is 1. The average molecular weight is 382 g/mol. The largest absolute Gasteiger partial charge is 0.399 e. The lowest BCUT2D eigenvalue weighted by Gasteiger charge is -2.13. The van der Waals surface area contributed by atoms with Crippen molar-refractivity contribution in [2.45, 2.75) is 37.7 Å². The van der Waals surface area contributed by atoms with E-state index in [1.165, 1.54) is 11.8 Å². The summed E-state index contributed by atoms with van der Waals surface area (Å²) in [5.74, 6) is 0.679. The van der Waals surface area contributed by atoms with Crippen molar-refractivity contribution in [1.82, 2.24) is 14.8 Å². The minimum absolute atomic E-state index is 0.0694. The van der Waals surface area contributed by atoms with Crippen molar-refractivity contribution in [2.24, 2.45) is 0 Å². The molecule has 3 aromatic rings. The van der Waals surface area contributed by atoms with Gasteiger partial charge in [-0.05, 0) is 45.0 Å². The lowest BCUT2D eigenvalue weighted by molar-refractivity contribution is -0.115. The number of nitrogens with one attached hydrogen (secondary N) is 1. The first-order valence-electron chi connectivity index (χ1n) is 8.81. The summed E-state index contributed by atoms with van der Waals surface area (Å²) in [7, 11) is 0. The number of aromatic nitrogens is 3. The minimum atomic E-state index is -0.311. The molecule has 1 atom stereocenters. The predicted octanol–water partition coefficient (Wildman–Crippen LogP) is 3.97. The maximum absolute atomic E-state index is 12.5. The highest BCUT2D eigenvalue weighted by Gasteiger charge is 2.20. The first-order chi connectivity index (χ1) is 13.0. The monoisotopic (exact) mass is 381 g/mol. The molecule has 3 N–H and O–H groups in total. The highest BCUT2D eigenvalue weighted by atomic mass is 32.2. The van der Waals surface area contributed by atoms with Gasteiger partial charge in [0.05, 0.1) is 5.25 Å². The standard InChI is InChI=1S/C20H23N5OS/c1-4-25-18(15-6-5-7-16(21)12-15)23-24-20(25)27-14(3)19(26)22-17-10-8-13(2)9-11-17/h5-12,14H,4,21H2,1-3H3,(H,22,26). The molecule has 2 aromatic carbocycles. The van der Waals surface area contributed by atoms with Gasteiger partial charge < -0.3 is 15.6 Å². The first kappa shape index (κ1) is 19.0. The van der Waals surface area contributed by atoms with Crippen LogP contribution in [0.1, 0.15) is 19.4 Å². The van der Waals surface area contributed by atoms with Crippen LogP contribution in [0, 0.1) is 6.92 Å². The van der Waals surface area contributed by atoms with Gasteiger partial charge in [0.25, 0.3) is 0 Å². The Morgan fingerprint density at radius 3 is 2.63 bits per heavy atom. The van der Waals surface area contributed by atoms with Crippen LogP contribution in [-0.4, -0.2) is 25.9 Å². The van der Waals surface area contributed by atoms with Gasteiger partial charge in [0, 0.05) is 23.5 Å². The van der Waals surface area contributed by atoms with E-state index < -0.39 is 0 Å². The molecule has 0 saturated heterocycles. The van der Waals surface area contributed by atoms with Crippen LogP contribution in [-0.2, 0) is 11.3 Å². The van der Waals surface area contributed by atoms with E-state index in [0.29, 0.717) is 17.4 Å². The van der Waals surface area contributed by atoms with E-state index in [2.05, 4.69) is 15.5 Å². The zero-order valence-corrected chi connectivity index (χ0v) is 16.5. The Bertz CT molecular complexity index is 936. The number of thioether (sulfide) groups is 1. The smallest absolute Gasteiger partial charge is 0.237 e. The van der Waals surface area contributed by atoms with Gasteiger partial charge in [0.1, 0.15) is 0 Å². The maximum Gasteiger partial charge on any atom is 0.237 e. The molecule has 3 rings (SSSR count). The number of aryl methyl sites for hydroxylation is 1. The lowest BCUT2D eigenvalue weighted by atomic mass is 10.2. The van der Waals surface area contributed by atoms with Crippen molar-refractivity contribution in [3.05, 3.63) is 54.1 Å². The molecule has 0 bridgehead atoms. The number of carbonyl (C=O) groups excluding carboxylic acids is 1. The Labute approximate surface area is 163 Å². The van der Waals surface area contributed by atoms with E-state index >= 15 is 0 Å². The fourth-order valence-electron chi connectivity index (χ4n) is 2.64. The van der Waals surface area contributed by atoms with Crippen molar-refractivity contribution in [3.8, 4) is 11.4 Å². The molecule has 1 unspecified atom stereocenters. The summed E-state index contributed by atoms with van der Waals surface area (Å²) < 4.78 is 2.00. The summed E-state index contributed by atoms with van der Waals surface area (Å²) >= 11 is 1.39. The number of hydrogen-bond acceptors (Lipinski definition) is 5. The number of benzene rings is 2. The number of nitrogens with two attached hydrogens (primary N) is 1. The Morgan fingerprint density at radius 1 is 1.22 bits per heavy atom. The third-order valence-electron chi connectivity index (χ3n) is 4.15. The van der Waals surface area contributed by atoms with E-state index in [-0.39, 0.29) is 11.2 Å². The molecule has 1 aromatic heterocycles. The Balaban J connectivity index is 1.75. The summed E-state index contributed by atoms with van der Waals surface area (Å²) in [5.41, 5.74) is 9.41. The number of nitrogens with zero attached hydrogens (tertiary/aromatic N) is 3. The van der Waals surface area contributed by atoms with E-state index in [0.717, 1.165) is 22.6 Å². The van der Waals surface area contributed by atoms with Crippen molar-refractivity contribution in [2.75, 3.05) is 11.1 Å². The van der Waals surface area contributed by atoms with Crippen LogP contribution in [0.2, 0.25) is 0 Å². The zero-order valence-electron chi connectivity index (χ0n) is 15.6. The van der Waals surface area contributed by atoms with Gasteiger partial charge in [0.2, 0.25) is 5.91 Å². The van der Waals surface area contributed by atoms with Crippen LogP contribution in [0.4, 0.5) is 11.4 Å². The van der Waals surface area contributed by atoms with Gasteiger partial charge in [-0.3, -0.25) is 4.79 Å². The number of hydrogen-bond donors (Lipinski definition) is 2. The van der Waals surface area contributed by atoms with Gasteiger partial charge in [-0.2, -0.15) is 0 Å². The van der Waals surface area contributed by atoms with Crippen LogP contribution < -0.4 is 11.1 Å². The zero-order chi connectivity index (χ0) is 19.4. The maximum atomic E-state index is 12.5. The molecule has 0 aliphatic carbocycles. The van der Waals surface area contributed by atoms with Gasteiger partial charge in [-0.1, -0.05) is 41.6 Å². The third-order valence-corrected chi connectivity index (χ3v) is 5.23. The fourth-order valence-corrected chi connectivity index (χ4v) is 3.56. The average Bonchev–Trinajstić information content (AvgIpc) is 3.06. The van der Waals surface area contributed by atoms with E-state index in [1.807, 2.05) is 73.9 Å². The summed E-state index contributed by atoms with van der Waals surface area (Å²) in [6, 6.07) is 15.3. The van der Waals surface area contributed by atoms with E-state index in [1.54, 1.807) is 0 Å². The number of anilines is 2. The number of amides is 1. The topological polar surface area (TPSA) is 85.8 Å². The first-order valence-corrected chi connectivity index (χ1v) is 9.69. The Kier molecular flexibility index (Phi) is 5.81. The van der Waals surface area contributed by atoms with Crippen LogP contribution in [0.5, 0.6) is 0 Å². The Hall–Kier alpha value is -2.80. The quantitative estimate of drug-likeness (QED) is 0.498. The summed E-state index contributed by atoms with van der Waals surface area (Å²) in [6.07, 6.45) is 0. The van der Waals surface area contributed by atoms with Crippen molar-refractivity contribution < 1.29 is 4.79 Å². The van der Waals surface area contributed by atoms with E-state index in [4.69, 9.17) is 5.73 Å². The molecule has 6 nitrogen and oxygen atoms in total. The molecule has 0 radical (unpaired) electrons. The predicted molar refractivity (Wildman–Crippen MR) is 111 cm³/mol. The molecule has 140 valence electrons. The van der Waals surface area contributed by atoms with Gasteiger partial charge in [0.15, 0.2) is 11.0 Å². The molecular formula is C20H23N5OS. The minimum Gasteiger partial charge on any atom is -0.399 e. The fraction of sp³-hybridized carbons (Fsp3) is 0.250. The molecule has 0 spiro atoms. The van der Waals surface area contributed by atoms with E-state index in [9.17, 15) is 4.79 Å².